The van der Waals surface area contributed by atoms with Crippen molar-refractivity contribution in [2.75, 3.05) is 38.0 Å². The lowest BCUT2D eigenvalue weighted by Gasteiger charge is -2.41. The number of anilines is 1. The third kappa shape index (κ3) is 5.62. The molecule has 0 aliphatic carbocycles. The quantitative estimate of drug-likeness (QED) is 0.663. The van der Waals surface area contributed by atoms with Crippen molar-refractivity contribution in [2.24, 2.45) is 5.92 Å². The van der Waals surface area contributed by atoms with Gasteiger partial charge in [0.05, 0.1) is 29.7 Å². The van der Waals surface area contributed by atoms with Crippen LogP contribution in [0.2, 0.25) is 0 Å². The average Bonchev–Trinajstić information content (AvgIpc) is 2.67. The van der Waals surface area contributed by atoms with E-state index >= 15 is 0 Å². The average molecular weight is 453 g/mol. The molecule has 0 aromatic heterocycles. The molecule has 0 bridgehead atoms. The molecule has 2 fully saturated rings. The topological polar surface area (TPSA) is 108 Å². The van der Waals surface area contributed by atoms with Crippen molar-refractivity contribution >= 4 is 27.5 Å². The minimum atomic E-state index is -3.83. The number of ether oxygens (including phenoxy) is 1. The molecule has 2 amide bonds. The van der Waals surface area contributed by atoms with E-state index in [1.165, 1.54) is 12.1 Å². The van der Waals surface area contributed by atoms with Gasteiger partial charge in [0.2, 0.25) is 21.8 Å². The highest BCUT2D eigenvalue weighted by molar-refractivity contribution is 7.89. The molecule has 1 aromatic carbocycles. The summed E-state index contributed by atoms with van der Waals surface area (Å²) >= 11 is 0. The van der Waals surface area contributed by atoms with Crippen molar-refractivity contribution < 1.29 is 22.7 Å². The Morgan fingerprint density at radius 3 is 2.52 bits per heavy atom. The van der Waals surface area contributed by atoms with E-state index in [1.807, 2.05) is 27.7 Å². The Morgan fingerprint density at radius 1 is 1.23 bits per heavy atom. The summed E-state index contributed by atoms with van der Waals surface area (Å²) in [6.45, 7) is 9.59. The van der Waals surface area contributed by atoms with E-state index in [0.29, 0.717) is 18.8 Å². The lowest BCUT2D eigenvalue weighted by Crippen LogP contribution is -2.55. The van der Waals surface area contributed by atoms with Crippen LogP contribution in [-0.2, 0) is 24.3 Å². The van der Waals surface area contributed by atoms with E-state index in [1.54, 1.807) is 12.1 Å². The summed E-state index contributed by atoms with van der Waals surface area (Å²) in [5.41, 5.74) is 0.410. The van der Waals surface area contributed by atoms with Crippen molar-refractivity contribution in [3.63, 3.8) is 0 Å². The largest absolute Gasteiger partial charge is 0.373 e. The summed E-state index contributed by atoms with van der Waals surface area (Å²) in [4.78, 5) is 27.0. The summed E-state index contributed by atoms with van der Waals surface area (Å²) in [7, 11) is -3.83. The van der Waals surface area contributed by atoms with Crippen LogP contribution in [0.15, 0.2) is 29.2 Å². The van der Waals surface area contributed by atoms with Gasteiger partial charge in [0.1, 0.15) is 0 Å². The number of benzene rings is 1. The Kier molecular flexibility index (Phi) is 7.35. The van der Waals surface area contributed by atoms with Crippen LogP contribution in [0.5, 0.6) is 0 Å². The molecule has 172 valence electrons. The Labute approximate surface area is 184 Å². The Morgan fingerprint density at radius 2 is 1.90 bits per heavy atom. The summed E-state index contributed by atoms with van der Waals surface area (Å²) < 4.78 is 32.8. The molecule has 9 nitrogen and oxygen atoms in total. The van der Waals surface area contributed by atoms with Gasteiger partial charge in [-0.15, -0.1) is 0 Å². The number of hydrogen-bond acceptors (Lipinski definition) is 6. The zero-order valence-corrected chi connectivity index (χ0v) is 19.3. The van der Waals surface area contributed by atoms with E-state index < -0.39 is 10.0 Å². The maximum Gasteiger partial charge on any atom is 0.243 e. The van der Waals surface area contributed by atoms with Crippen molar-refractivity contribution in [1.29, 1.82) is 0 Å². The monoisotopic (exact) mass is 452 g/mol. The third-order valence-electron chi connectivity index (χ3n) is 5.48. The molecule has 2 heterocycles. The van der Waals surface area contributed by atoms with Crippen LogP contribution in [0.4, 0.5) is 5.69 Å². The van der Waals surface area contributed by atoms with Gasteiger partial charge in [0.25, 0.3) is 0 Å². The maximum atomic E-state index is 13.2. The van der Waals surface area contributed by atoms with Crippen molar-refractivity contribution in [3.05, 3.63) is 24.3 Å². The summed E-state index contributed by atoms with van der Waals surface area (Å²) in [6.07, 6.45) is 0.0704. The number of morpholine rings is 1. The van der Waals surface area contributed by atoms with E-state index in [9.17, 15) is 18.0 Å². The fraction of sp³-hybridized carbons (Fsp3) is 0.619. The molecule has 31 heavy (non-hydrogen) atoms. The van der Waals surface area contributed by atoms with Crippen molar-refractivity contribution in [1.82, 2.24) is 14.5 Å². The van der Waals surface area contributed by atoms with Gasteiger partial charge < -0.3 is 15.4 Å². The molecule has 2 saturated heterocycles. The summed E-state index contributed by atoms with van der Waals surface area (Å²) in [5.74, 6) is -0.437. The zero-order chi connectivity index (χ0) is 22.8. The Hall–Kier alpha value is -2.01. The van der Waals surface area contributed by atoms with E-state index in [4.69, 9.17) is 4.74 Å². The number of amides is 2. The number of carbonyl (C=O) groups is 2. The molecule has 1 aromatic rings. The lowest BCUT2D eigenvalue weighted by atomic mass is 9.99. The number of hydrogen-bond donors (Lipinski definition) is 2. The summed E-state index contributed by atoms with van der Waals surface area (Å²) in [5, 5.41) is 5.51. The van der Waals surface area contributed by atoms with Crippen LogP contribution in [0.1, 0.15) is 27.7 Å². The molecular weight excluding hydrogens is 420 g/mol. The predicted octanol–water partition coefficient (Wildman–Crippen LogP) is 0.879. The normalized spacial score (nSPS) is 24.6. The number of rotatable bonds is 6. The molecule has 2 aliphatic rings. The number of carbonyl (C=O) groups excluding carboxylic acids is 2. The molecule has 0 saturated carbocycles. The van der Waals surface area contributed by atoms with Gasteiger partial charge in [-0.3, -0.25) is 14.5 Å². The van der Waals surface area contributed by atoms with E-state index in [-0.39, 0.29) is 60.5 Å². The van der Waals surface area contributed by atoms with Gasteiger partial charge in [-0.2, -0.15) is 4.31 Å². The Bertz CT molecular complexity index is 910. The fourth-order valence-electron chi connectivity index (χ4n) is 4.25. The number of nitrogens with zero attached hydrogens (tertiary/aromatic N) is 2. The molecule has 2 N–H and O–H groups in total. The van der Waals surface area contributed by atoms with Gasteiger partial charge in [0, 0.05) is 31.9 Å². The highest BCUT2D eigenvalue weighted by Crippen LogP contribution is 2.23. The molecular formula is C21H32N4O5S. The molecule has 0 spiro atoms. The van der Waals surface area contributed by atoms with Gasteiger partial charge in [-0.05, 0) is 38.0 Å². The van der Waals surface area contributed by atoms with Crippen LogP contribution in [0.3, 0.4) is 0 Å². The molecule has 0 radical (unpaired) electrons. The van der Waals surface area contributed by atoms with Crippen molar-refractivity contribution in [2.45, 2.75) is 50.8 Å². The predicted molar refractivity (Wildman–Crippen MR) is 117 cm³/mol. The molecule has 10 heteroatoms. The fourth-order valence-corrected chi connectivity index (χ4v) is 5.70. The second-order valence-electron chi connectivity index (χ2n) is 8.61. The third-order valence-corrected chi connectivity index (χ3v) is 7.33. The van der Waals surface area contributed by atoms with Gasteiger partial charge in [0.15, 0.2) is 0 Å². The standard InChI is InChI=1S/C21H32N4O5S/c1-14(2)20(24-11-15(3)30-16(4)12-24)21(27)23-17-6-5-7-18(10-17)31(28,29)25-9-8-22-19(26)13-25/h5-7,10,14-16,20H,8-9,11-13H2,1-4H3,(H,22,26)(H,23,27). The first-order chi connectivity index (χ1) is 14.6. The first-order valence-corrected chi connectivity index (χ1v) is 12.1. The maximum absolute atomic E-state index is 13.2. The first kappa shape index (κ1) is 23.6. The van der Waals surface area contributed by atoms with Crippen molar-refractivity contribution in [3.8, 4) is 0 Å². The van der Waals surface area contributed by atoms with Crippen LogP contribution < -0.4 is 10.6 Å². The van der Waals surface area contributed by atoms with Crippen LogP contribution >= 0.6 is 0 Å². The number of piperazine rings is 1. The first-order valence-electron chi connectivity index (χ1n) is 10.6. The summed E-state index contributed by atoms with van der Waals surface area (Å²) in [6, 6.07) is 5.82. The molecule has 3 atom stereocenters. The number of sulfonamides is 1. The molecule has 3 rings (SSSR count). The van der Waals surface area contributed by atoms with Crippen LogP contribution in [0.25, 0.3) is 0 Å². The van der Waals surface area contributed by atoms with E-state index in [2.05, 4.69) is 15.5 Å². The minimum absolute atomic E-state index is 0.0352. The van der Waals surface area contributed by atoms with Gasteiger partial charge in [-0.1, -0.05) is 19.9 Å². The van der Waals surface area contributed by atoms with Crippen LogP contribution in [0, 0.1) is 5.92 Å². The smallest absolute Gasteiger partial charge is 0.243 e. The lowest BCUT2D eigenvalue weighted by molar-refractivity contribution is -0.130. The van der Waals surface area contributed by atoms with Gasteiger partial charge in [-0.25, -0.2) is 8.42 Å². The highest BCUT2D eigenvalue weighted by atomic mass is 32.2. The second-order valence-corrected chi connectivity index (χ2v) is 10.5. The SMILES string of the molecule is CC1CN(C(C(=O)Nc2cccc(S(=O)(=O)N3CCNC(=O)C3)c2)C(C)C)CC(C)O1. The highest BCUT2D eigenvalue weighted by Gasteiger charge is 2.34. The minimum Gasteiger partial charge on any atom is -0.373 e. The van der Waals surface area contributed by atoms with E-state index in [0.717, 1.165) is 4.31 Å². The zero-order valence-electron chi connectivity index (χ0n) is 18.5. The molecule has 2 aliphatic heterocycles. The number of nitrogens with one attached hydrogen (secondary N) is 2. The second kappa shape index (κ2) is 9.64. The van der Waals surface area contributed by atoms with Crippen LogP contribution in [-0.4, -0.2) is 80.4 Å². The van der Waals surface area contributed by atoms with Gasteiger partial charge >= 0.3 is 0 Å². The molecule has 3 unspecified atom stereocenters. The Balaban J connectivity index is 1.77.